The molecule has 1 aromatic heterocycles. The zero-order chi connectivity index (χ0) is 18.5. The fourth-order valence-corrected chi connectivity index (χ4v) is 2.52. The van der Waals surface area contributed by atoms with Gasteiger partial charge in [-0.2, -0.15) is 5.10 Å². The molecule has 0 radical (unpaired) electrons. The van der Waals surface area contributed by atoms with Crippen molar-refractivity contribution in [2.24, 2.45) is 12.1 Å². The first-order valence-corrected chi connectivity index (χ1v) is 8.12. The van der Waals surface area contributed by atoms with E-state index in [0.29, 0.717) is 16.8 Å². The number of nitrogens with zero attached hydrogens (tertiary/aromatic N) is 3. The van der Waals surface area contributed by atoms with E-state index in [1.165, 1.54) is 10.8 Å². The Hall–Kier alpha value is -3.48. The molecule has 1 N–H and O–H groups in total. The number of esters is 1. The van der Waals surface area contributed by atoms with Crippen LogP contribution < -0.4 is 11.0 Å². The molecule has 1 heterocycles. The molecule has 0 aliphatic heterocycles. The molecule has 3 rings (SSSR count). The largest absolute Gasteiger partial charge is 0.462 e. The molecule has 7 heteroatoms. The second-order valence-electron chi connectivity index (χ2n) is 5.49. The predicted molar refractivity (Wildman–Crippen MR) is 101 cm³/mol. The molecule has 0 saturated heterocycles. The first-order chi connectivity index (χ1) is 12.6. The van der Waals surface area contributed by atoms with E-state index >= 15 is 0 Å². The maximum atomic E-state index is 12.4. The SMILES string of the molecule is CCOC(=O)c1ccccc1N/N=C/c1nc2ccccc2n(C)c1=O. The van der Waals surface area contributed by atoms with Crippen LogP contribution in [-0.2, 0) is 11.8 Å². The normalized spacial score (nSPS) is 11.0. The predicted octanol–water partition coefficient (Wildman–Crippen LogP) is 2.56. The number of rotatable bonds is 5. The average Bonchev–Trinajstić information content (AvgIpc) is 2.66. The summed E-state index contributed by atoms with van der Waals surface area (Å²) < 4.78 is 6.54. The smallest absolute Gasteiger partial charge is 0.340 e. The Morgan fingerprint density at radius 1 is 1.23 bits per heavy atom. The van der Waals surface area contributed by atoms with E-state index < -0.39 is 5.97 Å². The van der Waals surface area contributed by atoms with Crippen molar-refractivity contribution in [3.05, 3.63) is 70.1 Å². The van der Waals surface area contributed by atoms with E-state index in [0.717, 1.165) is 5.52 Å². The lowest BCUT2D eigenvalue weighted by molar-refractivity contribution is 0.0527. The van der Waals surface area contributed by atoms with Crippen molar-refractivity contribution in [3.8, 4) is 0 Å². The van der Waals surface area contributed by atoms with Gasteiger partial charge in [0.15, 0.2) is 0 Å². The molecule has 0 atom stereocenters. The monoisotopic (exact) mass is 350 g/mol. The summed E-state index contributed by atoms with van der Waals surface area (Å²) in [5.74, 6) is -0.439. The van der Waals surface area contributed by atoms with Gasteiger partial charge in [-0.3, -0.25) is 10.2 Å². The van der Waals surface area contributed by atoms with Gasteiger partial charge in [-0.05, 0) is 31.2 Å². The highest BCUT2D eigenvalue weighted by Crippen LogP contribution is 2.16. The first-order valence-electron chi connectivity index (χ1n) is 8.12. The number of aromatic nitrogens is 2. The maximum absolute atomic E-state index is 12.4. The summed E-state index contributed by atoms with van der Waals surface area (Å²) in [4.78, 5) is 28.7. The van der Waals surface area contributed by atoms with E-state index in [-0.39, 0.29) is 17.9 Å². The third-order valence-corrected chi connectivity index (χ3v) is 3.80. The van der Waals surface area contributed by atoms with Gasteiger partial charge in [0.25, 0.3) is 5.56 Å². The Morgan fingerprint density at radius 3 is 2.77 bits per heavy atom. The molecule has 132 valence electrons. The number of benzene rings is 2. The van der Waals surface area contributed by atoms with Crippen LogP contribution in [0.5, 0.6) is 0 Å². The molecule has 0 fully saturated rings. The van der Waals surface area contributed by atoms with Crippen molar-refractivity contribution in [2.75, 3.05) is 12.0 Å². The van der Waals surface area contributed by atoms with Gasteiger partial charge in [0.2, 0.25) is 0 Å². The highest BCUT2D eigenvalue weighted by molar-refractivity contribution is 5.95. The van der Waals surface area contributed by atoms with Crippen LogP contribution in [0.2, 0.25) is 0 Å². The van der Waals surface area contributed by atoms with E-state index in [2.05, 4.69) is 15.5 Å². The number of aryl methyl sites for hydroxylation is 1. The highest BCUT2D eigenvalue weighted by Gasteiger charge is 2.11. The van der Waals surface area contributed by atoms with Crippen molar-refractivity contribution in [1.82, 2.24) is 9.55 Å². The van der Waals surface area contributed by atoms with Crippen molar-refractivity contribution < 1.29 is 9.53 Å². The second-order valence-corrected chi connectivity index (χ2v) is 5.49. The Kier molecular flexibility index (Phi) is 5.07. The molecule has 0 aliphatic carbocycles. The van der Waals surface area contributed by atoms with Crippen molar-refractivity contribution in [2.45, 2.75) is 6.92 Å². The zero-order valence-corrected chi connectivity index (χ0v) is 14.5. The Bertz CT molecular complexity index is 1040. The quantitative estimate of drug-likeness (QED) is 0.434. The van der Waals surface area contributed by atoms with Gasteiger partial charge in [0.05, 0.1) is 35.1 Å². The molecular weight excluding hydrogens is 332 g/mol. The second kappa shape index (κ2) is 7.60. The van der Waals surface area contributed by atoms with Crippen molar-refractivity contribution in [1.29, 1.82) is 0 Å². The maximum Gasteiger partial charge on any atom is 0.340 e. The zero-order valence-electron chi connectivity index (χ0n) is 14.5. The number of nitrogens with one attached hydrogen (secondary N) is 1. The third kappa shape index (κ3) is 3.46. The van der Waals surface area contributed by atoms with Crippen LogP contribution >= 0.6 is 0 Å². The molecule has 0 aliphatic rings. The summed E-state index contributed by atoms with van der Waals surface area (Å²) >= 11 is 0. The van der Waals surface area contributed by atoms with Crippen LogP contribution in [0, 0.1) is 0 Å². The Morgan fingerprint density at radius 2 is 1.96 bits per heavy atom. The Labute approximate surface area is 149 Å². The summed E-state index contributed by atoms with van der Waals surface area (Å²) in [6.45, 7) is 2.03. The lowest BCUT2D eigenvalue weighted by Crippen LogP contribution is -2.23. The first kappa shape index (κ1) is 17.3. The number of ether oxygens (including phenoxy) is 1. The van der Waals surface area contributed by atoms with Crippen LogP contribution in [0.15, 0.2) is 58.4 Å². The summed E-state index contributed by atoms with van der Waals surface area (Å²) in [6, 6.07) is 14.2. The van der Waals surface area contributed by atoms with Gasteiger partial charge in [-0.25, -0.2) is 9.78 Å². The minimum atomic E-state index is -0.439. The van der Waals surface area contributed by atoms with Gasteiger partial charge >= 0.3 is 5.97 Å². The molecule has 7 nitrogen and oxygen atoms in total. The van der Waals surface area contributed by atoms with E-state index in [1.54, 1.807) is 38.2 Å². The van der Waals surface area contributed by atoms with Crippen LogP contribution in [0.1, 0.15) is 23.0 Å². The molecule has 0 unspecified atom stereocenters. The third-order valence-electron chi connectivity index (χ3n) is 3.80. The number of fused-ring (bicyclic) bond motifs is 1. The number of hydrazone groups is 1. The van der Waals surface area contributed by atoms with Crippen molar-refractivity contribution >= 4 is 28.9 Å². The molecule has 0 saturated carbocycles. The van der Waals surface area contributed by atoms with Crippen molar-refractivity contribution in [3.63, 3.8) is 0 Å². The number of hydrogen-bond acceptors (Lipinski definition) is 6. The minimum Gasteiger partial charge on any atom is -0.462 e. The topological polar surface area (TPSA) is 85.6 Å². The number of carbonyl (C=O) groups excluding carboxylic acids is 1. The molecule has 0 spiro atoms. The number of hydrogen-bond donors (Lipinski definition) is 1. The lowest BCUT2D eigenvalue weighted by atomic mass is 10.2. The molecule has 0 amide bonds. The van der Waals surface area contributed by atoms with Crippen LogP contribution in [0.3, 0.4) is 0 Å². The average molecular weight is 350 g/mol. The fourth-order valence-electron chi connectivity index (χ4n) is 2.52. The standard InChI is InChI=1S/C19H18N4O3/c1-3-26-19(25)13-8-4-5-9-14(13)22-20-12-16-18(24)23(2)17-11-7-6-10-15(17)21-16/h4-12,22H,3H2,1-2H3/b20-12+. The van der Waals surface area contributed by atoms with Gasteiger partial charge < -0.3 is 9.30 Å². The number of carbonyl (C=O) groups is 1. The molecule has 0 bridgehead atoms. The van der Waals surface area contributed by atoms with Gasteiger partial charge in [-0.1, -0.05) is 24.3 Å². The summed E-state index contributed by atoms with van der Waals surface area (Å²) in [5.41, 5.74) is 5.02. The van der Waals surface area contributed by atoms with Crippen LogP contribution in [-0.4, -0.2) is 28.3 Å². The molecular formula is C19H18N4O3. The van der Waals surface area contributed by atoms with Gasteiger partial charge in [-0.15, -0.1) is 0 Å². The highest BCUT2D eigenvalue weighted by atomic mass is 16.5. The van der Waals surface area contributed by atoms with E-state index in [9.17, 15) is 9.59 Å². The Balaban J connectivity index is 1.89. The number of para-hydroxylation sites is 3. The molecule has 3 aromatic rings. The van der Waals surface area contributed by atoms with Gasteiger partial charge in [0.1, 0.15) is 5.69 Å². The summed E-state index contributed by atoms with van der Waals surface area (Å²) in [6.07, 6.45) is 1.34. The minimum absolute atomic E-state index is 0.201. The number of anilines is 1. The summed E-state index contributed by atoms with van der Waals surface area (Å²) in [7, 11) is 1.69. The van der Waals surface area contributed by atoms with Gasteiger partial charge in [0, 0.05) is 7.05 Å². The van der Waals surface area contributed by atoms with E-state index in [4.69, 9.17) is 4.74 Å². The van der Waals surface area contributed by atoms with Crippen LogP contribution in [0.4, 0.5) is 5.69 Å². The molecule has 26 heavy (non-hydrogen) atoms. The summed E-state index contributed by atoms with van der Waals surface area (Å²) in [5, 5.41) is 4.07. The fraction of sp³-hybridized carbons (Fsp3) is 0.158. The lowest BCUT2D eigenvalue weighted by Gasteiger charge is -2.08. The molecule has 2 aromatic carbocycles. The van der Waals surface area contributed by atoms with E-state index in [1.807, 2.05) is 24.3 Å². The van der Waals surface area contributed by atoms with Crippen LogP contribution in [0.25, 0.3) is 11.0 Å².